The minimum atomic E-state index is -4.90. The van der Waals surface area contributed by atoms with Gasteiger partial charge in [0.05, 0.1) is 49.2 Å². The van der Waals surface area contributed by atoms with Crippen molar-refractivity contribution in [1.29, 1.82) is 0 Å². The molecule has 0 saturated carbocycles. The molecule has 3 N–H and O–H groups in total. The summed E-state index contributed by atoms with van der Waals surface area (Å²) in [5.74, 6) is -3.49. The number of benzene rings is 1. The number of aromatic hydroxyl groups is 1. The van der Waals surface area contributed by atoms with E-state index in [4.69, 9.17) is 9.84 Å². The monoisotopic (exact) mass is 506 g/mol. The molecule has 0 aliphatic carbocycles. The van der Waals surface area contributed by atoms with Crippen molar-refractivity contribution in [3.8, 4) is 22.8 Å². The first kappa shape index (κ1) is 24.7. The number of hydrogen-bond donors (Lipinski definition) is 3. The van der Waals surface area contributed by atoms with Crippen LogP contribution >= 0.6 is 0 Å². The van der Waals surface area contributed by atoms with Gasteiger partial charge in [0.1, 0.15) is 23.6 Å². The number of halogens is 3. The van der Waals surface area contributed by atoms with Crippen LogP contribution in [0.2, 0.25) is 0 Å². The van der Waals surface area contributed by atoms with Crippen LogP contribution in [0.25, 0.3) is 11.3 Å². The van der Waals surface area contributed by atoms with Gasteiger partial charge in [-0.3, -0.25) is 24.4 Å². The number of aliphatic carboxylic acids is 1. The number of nitrogens with one attached hydrogen (secondary N) is 1. The quantitative estimate of drug-likeness (QED) is 0.435. The molecule has 4 rings (SSSR count). The molecular weight excluding hydrogens is 489 g/mol. The topological polar surface area (TPSA) is 153 Å². The van der Waals surface area contributed by atoms with Crippen LogP contribution in [-0.4, -0.2) is 49.5 Å². The lowest BCUT2D eigenvalue weighted by Gasteiger charge is -2.15. The van der Waals surface area contributed by atoms with Gasteiger partial charge in [-0.15, -0.1) is 13.2 Å². The van der Waals surface area contributed by atoms with Crippen LogP contribution in [-0.2, 0) is 29.3 Å². The molecule has 188 valence electrons. The number of amides is 1. The Balaban J connectivity index is 1.67. The molecule has 0 radical (unpaired) electrons. The Labute approximate surface area is 199 Å². The first-order valence-corrected chi connectivity index (χ1v) is 10.3. The van der Waals surface area contributed by atoms with E-state index in [0.717, 1.165) is 10.6 Å². The molecule has 1 aliphatic rings. The zero-order valence-electron chi connectivity index (χ0n) is 18.2. The number of nitrogens with zero attached hydrogens (tertiary/aromatic N) is 3. The fourth-order valence-corrected chi connectivity index (χ4v) is 3.62. The van der Waals surface area contributed by atoms with Gasteiger partial charge in [-0.1, -0.05) is 12.1 Å². The van der Waals surface area contributed by atoms with Gasteiger partial charge in [0.25, 0.3) is 11.5 Å². The lowest BCUT2D eigenvalue weighted by molar-refractivity contribution is -0.274. The molecule has 1 aromatic carbocycles. The number of fused-ring (bicyclic) bond motifs is 1. The average molecular weight is 506 g/mol. The molecule has 0 atom stereocenters. The third kappa shape index (κ3) is 5.12. The second kappa shape index (κ2) is 9.65. The van der Waals surface area contributed by atoms with Gasteiger partial charge in [-0.2, -0.15) is 0 Å². The maximum Gasteiger partial charge on any atom is 0.573 e. The predicted molar refractivity (Wildman–Crippen MR) is 114 cm³/mol. The molecule has 3 aromatic rings. The van der Waals surface area contributed by atoms with Crippen molar-refractivity contribution in [2.24, 2.45) is 0 Å². The van der Waals surface area contributed by atoms with E-state index in [1.807, 2.05) is 5.32 Å². The smallest absolute Gasteiger partial charge is 0.506 e. The minimum absolute atomic E-state index is 0.0389. The van der Waals surface area contributed by atoms with E-state index in [0.29, 0.717) is 5.69 Å². The van der Waals surface area contributed by atoms with Crippen molar-refractivity contribution >= 4 is 11.9 Å². The second-order valence-electron chi connectivity index (χ2n) is 7.55. The van der Waals surface area contributed by atoms with E-state index in [1.165, 1.54) is 30.6 Å². The maximum absolute atomic E-state index is 13.1. The first-order valence-electron chi connectivity index (χ1n) is 10.3. The average Bonchev–Trinajstić information content (AvgIpc) is 3.31. The van der Waals surface area contributed by atoms with Crippen molar-refractivity contribution in [3.63, 3.8) is 0 Å². The Kier molecular flexibility index (Phi) is 6.61. The number of ether oxygens (including phenoxy) is 2. The van der Waals surface area contributed by atoms with Gasteiger partial charge >= 0.3 is 12.3 Å². The molecule has 11 nitrogen and oxygen atoms in total. The number of carbonyl (C=O) groups is 2. The number of carboxylic acids is 1. The summed E-state index contributed by atoms with van der Waals surface area (Å²) in [6.07, 6.45) is -2.46. The van der Waals surface area contributed by atoms with Crippen molar-refractivity contribution in [3.05, 3.63) is 69.5 Å². The van der Waals surface area contributed by atoms with Crippen LogP contribution in [0.3, 0.4) is 0 Å². The van der Waals surface area contributed by atoms with Crippen LogP contribution < -0.4 is 15.6 Å². The Morgan fingerprint density at radius 3 is 2.58 bits per heavy atom. The first-order chi connectivity index (χ1) is 17.0. The van der Waals surface area contributed by atoms with Crippen LogP contribution in [0.1, 0.15) is 27.3 Å². The van der Waals surface area contributed by atoms with Gasteiger partial charge in [0.15, 0.2) is 0 Å². The fraction of sp³-hybridized carbons (Fsp3) is 0.227. The van der Waals surface area contributed by atoms with Gasteiger partial charge < -0.3 is 29.6 Å². The number of carboxylic acid groups (broad SMARTS) is 1. The zero-order valence-corrected chi connectivity index (χ0v) is 18.2. The predicted octanol–water partition coefficient (Wildman–Crippen LogP) is 1.80. The number of pyridine rings is 1. The highest BCUT2D eigenvalue weighted by molar-refractivity contribution is 5.98. The fourth-order valence-electron chi connectivity index (χ4n) is 3.62. The Morgan fingerprint density at radius 1 is 1.17 bits per heavy atom. The number of rotatable bonds is 7. The normalized spacial score (nSPS) is 12.8. The summed E-state index contributed by atoms with van der Waals surface area (Å²) in [5.41, 5.74) is -0.731. The van der Waals surface area contributed by atoms with Crippen molar-refractivity contribution in [2.75, 3.05) is 6.54 Å². The highest BCUT2D eigenvalue weighted by atomic mass is 19.4. The summed E-state index contributed by atoms with van der Waals surface area (Å²) < 4.78 is 48.6. The van der Waals surface area contributed by atoms with E-state index >= 15 is 0 Å². The van der Waals surface area contributed by atoms with Crippen LogP contribution in [0.5, 0.6) is 11.5 Å². The number of aromatic nitrogens is 3. The molecule has 0 unspecified atom stereocenters. The molecule has 0 saturated heterocycles. The van der Waals surface area contributed by atoms with E-state index < -0.39 is 47.4 Å². The molecule has 0 bridgehead atoms. The van der Waals surface area contributed by atoms with Crippen LogP contribution in [0, 0.1) is 0 Å². The number of carbonyl (C=O) groups excluding carboxylic acids is 1. The SMILES string of the molecule is O=C(O)CNC(=O)c1c(O)c2c(n(Cc3cnc(-c4ccccc4OC(F)(F)F)cn3)c1=O)COC2. The third-order valence-electron chi connectivity index (χ3n) is 5.18. The minimum Gasteiger partial charge on any atom is -0.506 e. The van der Waals surface area contributed by atoms with E-state index in [2.05, 4.69) is 14.7 Å². The highest BCUT2D eigenvalue weighted by Crippen LogP contribution is 2.33. The van der Waals surface area contributed by atoms with E-state index in [1.54, 1.807) is 0 Å². The van der Waals surface area contributed by atoms with Gasteiger partial charge in [-0.25, -0.2) is 0 Å². The third-order valence-corrected chi connectivity index (χ3v) is 5.18. The van der Waals surface area contributed by atoms with Gasteiger partial charge in [-0.05, 0) is 12.1 Å². The van der Waals surface area contributed by atoms with Gasteiger partial charge in [0, 0.05) is 11.1 Å². The molecule has 0 spiro atoms. The Bertz CT molecular complexity index is 1390. The second-order valence-corrected chi connectivity index (χ2v) is 7.55. The lowest BCUT2D eigenvalue weighted by Crippen LogP contribution is -2.37. The summed E-state index contributed by atoms with van der Waals surface area (Å²) in [6, 6.07) is 5.39. The van der Waals surface area contributed by atoms with E-state index in [-0.39, 0.29) is 42.3 Å². The molecule has 1 aliphatic heterocycles. The van der Waals surface area contributed by atoms with E-state index in [9.17, 15) is 32.7 Å². The summed E-state index contributed by atoms with van der Waals surface area (Å²) >= 11 is 0. The molecule has 3 heterocycles. The van der Waals surface area contributed by atoms with Crippen LogP contribution in [0.15, 0.2) is 41.5 Å². The summed E-state index contributed by atoms with van der Waals surface area (Å²) in [4.78, 5) is 44.6. The summed E-state index contributed by atoms with van der Waals surface area (Å²) in [5, 5.41) is 21.3. The largest absolute Gasteiger partial charge is 0.573 e. The molecule has 0 fully saturated rings. The Hall–Kier alpha value is -4.46. The lowest BCUT2D eigenvalue weighted by atomic mass is 10.1. The number of alkyl halides is 3. The van der Waals surface area contributed by atoms with Crippen molar-refractivity contribution in [1.82, 2.24) is 19.9 Å². The van der Waals surface area contributed by atoms with Crippen LogP contribution in [0.4, 0.5) is 13.2 Å². The molecule has 36 heavy (non-hydrogen) atoms. The molecule has 2 aromatic heterocycles. The van der Waals surface area contributed by atoms with Crippen molar-refractivity contribution in [2.45, 2.75) is 26.1 Å². The highest BCUT2D eigenvalue weighted by Gasteiger charge is 2.32. The number of para-hydroxylation sites is 1. The summed E-state index contributed by atoms with van der Waals surface area (Å²) in [7, 11) is 0. The Morgan fingerprint density at radius 2 is 1.92 bits per heavy atom. The standard InChI is InChI=1S/C22H17F3N4O7/c23-22(24,25)36-16-4-2-1-3-12(16)14-6-26-11(5-27-14)8-29-15-10-35-9-13(15)19(32)18(21(29)34)20(33)28-7-17(30)31/h1-6,32H,7-10H2,(H,28,33)(H,30,31). The zero-order chi connectivity index (χ0) is 26.0. The molecule has 14 heteroatoms. The molecule has 1 amide bonds. The van der Waals surface area contributed by atoms with Gasteiger partial charge in [0.2, 0.25) is 0 Å². The van der Waals surface area contributed by atoms with Crippen molar-refractivity contribution < 1.29 is 42.4 Å². The number of hydrogen-bond acceptors (Lipinski definition) is 8. The summed E-state index contributed by atoms with van der Waals surface area (Å²) in [6.45, 7) is -1.10. The molecular formula is C22H17F3N4O7. The maximum atomic E-state index is 13.1.